The van der Waals surface area contributed by atoms with Crippen LogP contribution in [0.3, 0.4) is 0 Å². The van der Waals surface area contributed by atoms with Gasteiger partial charge >= 0.3 is 6.18 Å². The molecule has 2 aromatic carbocycles. The molecule has 0 saturated heterocycles. The quantitative estimate of drug-likeness (QED) is 0.255. The van der Waals surface area contributed by atoms with Gasteiger partial charge in [-0.3, -0.25) is 4.79 Å². The van der Waals surface area contributed by atoms with Gasteiger partial charge in [0.25, 0.3) is 0 Å². The van der Waals surface area contributed by atoms with Gasteiger partial charge in [-0.2, -0.15) is 13.2 Å². The van der Waals surface area contributed by atoms with Crippen LogP contribution in [0.15, 0.2) is 53.5 Å². The third kappa shape index (κ3) is 8.17. The molecule has 10 heteroatoms. The van der Waals surface area contributed by atoms with Crippen molar-refractivity contribution in [2.75, 3.05) is 20.6 Å². The fourth-order valence-electron chi connectivity index (χ4n) is 2.39. The normalized spacial score (nSPS) is 11.5. The SMILES string of the molecule is CN(C)C(=O)CNC(=NCc1ccccc1)NCc1ccc(F)cc1C(F)(F)F.I. The van der Waals surface area contributed by atoms with Crippen molar-refractivity contribution < 1.29 is 22.4 Å². The first-order chi connectivity index (χ1) is 13.7. The highest BCUT2D eigenvalue weighted by atomic mass is 127. The second kappa shape index (κ2) is 11.7. The maximum atomic E-state index is 13.3. The molecule has 0 heterocycles. The topological polar surface area (TPSA) is 56.7 Å². The van der Waals surface area contributed by atoms with Crippen LogP contribution < -0.4 is 10.6 Å². The number of benzene rings is 2. The summed E-state index contributed by atoms with van der Waals surface area (Å²) in [6.07, 6.45) is -4.69. The Hall–Kier alpha value is -2.37. The largest absolute Gasteiger partial charge is 0.416 e. The molecule has 0 bridgehead atoms. The van der Waals surface area contributed by atoms with E-state index in [0.717, 1.165) is 17.7 Å². The molecule has 0 aliphatic carbocycles. The average molecular weight is 538 g/mol. The number of amides is 1. The zero-order chi connectivity index (χ0) is 21.4. The van der Waals surface area contributed by atoms with E-state index in [1.165, 1.54) is 4.90 Å². The molecule has 0 fully saturated rings. The zero-order valence-electron chi connectivity index (χ0n) is 16.5. The maximum Gasteiger partial charge on any atom is 0.416 e. The fraction of sp³-hybridized carbons (Fsp3) is 0.300. The lowest BCUT2D eigenvalue weighted by atomic mass is 10.1. The number of rotatable bonds is 6. The molecular formula is C20H23F4IN4O. The van der Waals surface area contributed by atoms with Gasteiger partial charge in [0.05, 0.1) is 18.7 Å². The molecule has 0 aromatic heterocycles. The number of guanidine groups is 1. The smallest absolute Gasteiger partial charge is 0.352 e. The highest BCUT2D eigenvalue weighted by Gasteiger charge is 2.33. The van der Waals surface area contributed by atoms with E-state index in [-0.39, 0.29) is 61.0 Å². The number of hydrogen-bond donors (Lipinski definition) is 2. The summed E-state index contributed by atoms with van der Waals surface area (Å²) in [6, 6.07) is 11.8. The molecule has 2 aromatic rings. The van der Waals surface area contributed by atoms with Crippen LogP contribution in [0.25, 0.3) is 0 Å². The Bertz CT molecular complexity index is 858. The van der Waals surface area contributed by atoms with Gasteiger partial charge in [-0.05, 0) is 23.3 Å². The van der Waals surface area contributed by atoms with Gasteiger partial charge in [0.1, 0.15) is 5.82 Å². The number of carbonyl (C=O) groups is 1. The second-order valence-corrected chi connectivity index (χ2v) is 6.44. The number of likely N-dealkylation sites (N-methyl/N-ethyl adjacent to an activating group) is 1. The average Bonchev–Trinajstić information content (AvgIpc) is 2.67. The molecule has 0 unspecified atom stereocenters. The molecule has 2 N–H and O–H groups in total. The number of carbonyl (C=O) groups excluding carboxylic acids is 1. The van der Waals surface area contributed by atoms with Gasteiger partial charge in [-0.15, -0.1) is 24.0 Å². The number of hydrogen-bond acceptors (Lipinski definition) is 2. The molecule has 1 amide bonds. The van der Waals surface area contributed by atoms with Crippen molar-refractivity contribution in [1.82, 2.24) is 15.5 Å². The standard InChI is InChI=1S/C20H22F4N4O.HI/c1-28(2)18(29)13-27-19(25-11-14-6-4-3-5-7-14)26-12-15-8-9-16(21)10-17(15)20(22,23)24;/h3-10H,11-13H2,1-2H3,(H2,25,26,27);1H. The van der Waals surface area contributed by atoms with E-state index in [1.54, 1.807) is 14.1 Å². The van der Waals surface area contributed by atoms with Crippen LogP contribution in [0.5, 0.6) is 0 Å². The molecule has 0 atom stereocenters. The monoisotopic (exact) mass is 538 g/mol. The van der Waals surface area contributed by atoms with Crippen molar-refractivity contribution in [3.05, 3.63) is 71.0 Å². The maximum absolute atomic E-state index is 13.3. The summed E-state index contributed by atoms with van der Waals surface area (Å²) in [5.41, 5.74) is -0.297. The Balaban J connectivity index is 0.00000450. The van der Waals surface area contributed by atoms with Gasteiger partial charge in [-0.25, -0.2) is 9.38 Å². The molecule has 2 rings (SSSR count). The highest BCUT2D eigenvalue weighted by Crippen LogP contribution is 2.32. The van der Waals surface area contributed by atoms with Gasteiger partial charge in [0.15, 0.2) is 5.96 Å². The first-order valence-electron chi connectivity index (χ1n) is 8.78. The van der Waals surface area contributed by atoms with Crippen molar-refractivity contribution in [2.45, 2.75) is 19.3 Å². The number of halogens is 5. The van der Waals surface area contributed by atoms with Crippen molar-refractivity contribution in [2.24, 2.45) is 4.99 Å². The summed E-state index contributed by atoms with van der Waals surface area (Å²) in [4.78, 5) is 17.5. The molecule has 0 aliphatic heterocycles. The Labute approximate surface area is 189 Å². The summed E-state index contributed by atoms with van der Waals surface area (Å²) in [5.74, 6) is -1.02. The van der Waals surface area contributed by atoms with Crippen LogP contribution in [-0.4, -0.2) is 37.4 Å². The highest BCUT2D eigenvalue weighted by molar-refractivity contribution is 14.0. The fourth-order valence-corrected chi connectivity index (χ4v) is 2.39. The second-order valence-electron chi connectivity index (χ2n) is 6.44. The molecule has 0 radical (unpaired) electrons. The molecule has 5 nitrogen and oxygen atoms in total. The van der Waals surface area contributed by atoms with E-state index < -0.39 is 17.6 Å². The Morgan fingerprint density at radius 3 is 2.33 bits per heavy atom. The van der Waals surface area contributed by atoms with Crippen molar-refractivity contribution in [3.8, 4) is 0 Å². The minimum Gasteiger partial charge on any atom is -0.352 e. The molecule has 0 saturated carbocycles. The van der Waals surface area contributed by atoms with Gasteiger partial charge in [0, 0.05) is 20.6 Å². The predicted molar refractivity (Wildman–Crippen MR) is 118 cm³/mol. The van der Waals surface area contributed by atoms with Gasteiger partial charge in [0.2, 0.25) is 5.91 Å². The molecule has 30 heavy (non-hydrogen) atoms. The van der Waals surface area contributed by atoms with Crippen molar-refractivity contribution in [1.29, 1.82) is 0 Å². The molecular weight excluding hydrogens is 515 g/mol. The first-order valence-corrected chi connectivity index (χ1v) is 8.78. The number of nitrogens with one attached hydrogen (secondary N) is 2. The molecule has 0 spiro atoms. The van der Waals surface area contributed by atoms with Gasteiger partial charge < -0.3 is 15.5 Å². The number of aliphatic imine (C=N–C) groups is 1. The summed E-state index contributed by atoms with van der Waals surface area (Å²) in [6.45, 7) is -0.0586. The minimum absolute atomic E-state index is 0. The van der Waals surface area contributed by atoms with Crippen LogP contribution in [0, 0.1) is 5.82 Å². The Morgan fingerprint density at radius 1 is 1.07 bits per heavy atom. The van der Waals surface area contributed by atoms with Crippen LogP contribution in [0.1, 0.15) is 16.7 Å². The zero-order valence-corrected chi connectivity index (χ0v) is 18.8. The van der Waals surface area contributed by atoms with Crippen LogP contribution in [0.2, 0.25) is 0 Å². The van der Waals surface area contributed by atoms with Crippen LogP contribution in [0.4, 0.5) is 17.6 Å². The third-order valence-electron chi connectivity index (χ3n) is 3.99. The van der Waals surface area contributed by atoms with Crippen LogP contribution in [-0.2, 0) is 24.1 Å². The number of alkyl halides is 3. The predicted octanol–water partition coefficient (Wildman–Crippen LogP) is 3.79. The summed E-state index contributed by atoms with van der Waals surface area (Å²) < 4.78 is 52.8. The molecule has 164 valence electrons. The summed E-state index contributed by atoms with van der Waals surface area (Å²) in [7, 11) is 3.18. The first kappa shape index (κ1) is 25.7. The van der Waals surface area contributed by atoms with Crippen molar-refractivity contribution >= 4 is 35.8 Å². The molecule has 0 aliphatic rings. The number of nitrogens with zero attached hydrogens (tertiary/aromatic N) is 2. The minimum atomic E-state index is -4.69. The summed E-state index contributed by atoms with van der Waals surface area (Å²) in [5, 5.41) is 5.58. The lowest BCUT2D eigenvalue weighted by Gasteiger charge is -2.17. The van der Waals surface area contributed by atoms with E-state index in [9.17, 15) is 22.4 Å². The summed E-state index contributed by atoms with van der Waals surface area (Å²) >= 11 is 0. The van der Waals surface area contributed by atoms with E-state index in [1.807, 2.05) is 30.3 Å². The Morgan fingerprint density at radius 2 is 1.73 bits per heavy atom. The van der Waals surface area contributed by atoms with E-state index in [0.29, 0.717) is 6.07 Å². The van der Waals surface area contributed by atoms with Crippen LogP contribution >= 0.6 is 24.0 Å². The van der Waals surface area contributed by atoms with E-state index in [4.69, 9.17) is 0 Å². The lowest BCUT2D eigenvalue weighted by molar-refractivity contribution is -0.138. The van der Waals surface area contributed by atoms with E-state index in [2.05, 4.69) is 15.6 Å². The third-order valence-corrected chi connectivity index (χ3v) is 3.99. The Kier molecular flexibility index (Phi) is 10.0. The lowest BCUT2D eigenvalue weighted by Crippen LogP contribution is -2.42. The van der Waals surface area contributed by atoms with Crippen molar-refractivity contribution in [3.63, 3.8) is 0 Å². The van der Waals surface area contributed by atoms with E-state index >= 15 is 0 Å². The van der Waals surface area contributed by atoms with Gasteiger partial charge in [-0.1, -0.05) is 36.4 Å².